The fourth-order valence-electron chi connectivity index (χ4n) is 3.60. The van der Waals surface area contributed by atoms with Crippen LogP contribution in [-0.4, -0.2) is 37.3 Å². The van der Waals surface area contributed by atoms with Crippen molar-refractivity contribution < 1.29 is 13.2 Å². The lowest BCUT2D eigenvalue weighted by atomic mass is 9.95. The molecule has 0 bridgehead atoms. The van der Waals surface area contributed by atoms with E-state index in [1.807, 2.05) is 0 Å². The summed E-state index contributed by atoms with van der Waals surface area (Å²) in [6, 6.07) is 5.78. The lowest BCUT2D eigenvalue weighted by Crippen LogP contribution is -2.49. The van der Waals surface area contributed by atoms with Gasteiger partial charge in [-0.2, -0.15) is 4.31 Å². The molecule has 1 N–H and O–H groups in total. The Balaban J connectivity index is 1.75. The van der Waals surface area contributed by atoms with Gasteiger partial charge >= 0.3 is 0 Å². The number of nitrogens with one attached hydrogen (secondary N) is 1. The van der Waals surface area contributed by atoms with E-state index >= 15 is 0 Å². The van der Waals surface area contributed by atoms with E-state index in [0.717, 1.165) is 25.7 Å². The highest BCUT2D eigenvalue weighted by atomic mass is 35.5. The van der Waals surface area contributed by atoms with Crippen LogP contribution in [0, 0.1) is 0 Å². The molecule has 1 saturated heterocycles. The van der Waals surface area contributed by atoms with Crippen molar-refractivity contribution in [2.24, 2.45) is 0 Å². The van der Waals surface area contributed by atoms with Crippen molar-refractivity contribution in [3.63, 3.8) is 0 Å². The first-order valence-corrected chi connectivity index (χ1v) is 10.4. The average Bonchev–Trinajstić information content (AvgIpc) is 3.06. The molecule has 1 heterocycles. The molecule has 132 valence electrons. The molecule has 24 heavy (non-hydrogen) atoms. The first kappa shape index (κ1) is 17.7. The molecule has 1 aliphatic carbocycles. The molecular weight excluding hydrogens is 348 g/mol. The fourth-order valence-corrected chi connectivity index (χ4v) is 5.55. The lowest BCUT2D eigenvalue weighted by Gasteiger charge is -2.28. The Morgan fingerprint density at radius 3 is 2.58 bits per heavy atom. The van der Waals surface area contributed by atoms with Gasteiger partial charge in [-0.05, 0) is 43.9 Å². The molecule has 1 atom stereocenters. The highest BCUT2D eigenvalue weighted by Crippen LogP contribution is 2.28. The number of sulfonamides is 1. The standard InChI is InChI=1S/C17H23ClN2O3S/c18-13-6-4-9-15(12-13)24(22,23)20-11-5-10-16(20)17(21)19-14-7-2-1-3-8-14/h4,6,9,12,14,16H,1-3,5,7-8,10-11H2,(H,19,21)/t16-/m0/s1. The molecule has 2 fully saturated rings. The van der Waals surface area contributed by atoms with E-state index < -0.39 is 16.1 Å². The van der Waals surface area contributed by atoms with Crippen LogP contribution in [0.5, 0.6) is 0 Å². The largest absolute Gasteiger partial charge is 0.352 e. The normalized spacial score (nSPS) is 23.3. The fraction of sp³-hybridized carbons (Fsp3) is 0.588. The molecule has 5 nitrogen and oxygen atoms in total. The summed E-state index contributed by atoms with van der Waals surface area (Å²) < 4.78 is 27.1. The molecule has 1 aliphatic heterocycles. The summed E-state index contributed by atoms with van der Waals surface area (Å²) in [7, 11) is -3.71. The number of nitrogens with zero attached hydrogens (tertiary/aromatic N) is 1. The number of hydrogen-bond donors (Lipinski definition) is 1. The minimum absolute atomic E-state index is 0.146. The number of carbonyl (C=O) groups excluding carboxylic acids is 1. The van der Waals surface area contributed by atoms with Crippen LogP contribution in [0.2, 0.25) is 5.02 Å². The molecule has 3 rings (SSSR count). The van der Waals surface area contributed by atoms with Crippen LogP contribution in [0.25, 0.3) is 0 Å². The molecule has 0 aromatic heterocycles. The molecule has 1 amide bonds. The third-order valence-electron chi connectivity index (χ3n) is 4.86. The summed E-state index contributed by atoms with van der Waals surface area (Å²) in [6.07, 6.45) is 6.70. The van der Waals surface area contributed by atoms with Gasteiger partial charge in [-0.25, -0.2) is 8.42 Å². The van der Waals surface area contributed by atoms with E-state index in [2.05, 4.69) is 5.32 Å². The second kappa shape index (κ2) is 7.42. The third-order valence-corrected chi connectivity index (χ3v) is 7.00. The van der Waals surface area contributed by atoms with Gasteiger partial charge in [-0.15, -0.1) is 0 Å². The molecule has 0 radical (unpaired) electrons. The zero-order chi connectivity index (χ0) is 17.2. The second-order valence-corrected chi connectivity index (χ2v) is 8.90. The maximum absolute atomic E-state index is 12.9. The summed E-state index contributed by atoms with van der Waals surface area (Å²) in [5, 5.41) is 3.43. The number of halogens is 1. The van der Waals surface area contributed by atoms with E-state index in [0.29, 0.717) is 24.4 Å². The highest BCUT2D eigenvalue weighted by molar-refractivity contribution is 7.89. The summed E-state index contributed by atoms with van der Waals surface area (Å²) in [5.41, 5.74) is 0. The summed E-state index contributed by atoms with van der Waals surface area (Å²) in [5.74, 6) is -0.162. The number of rotatable bonds is 4. The number of carbonyl (C=O) groups is 1. The van der Waals surface area contributed by atoms with E-state index in [-0.39, 0.29) is 16.8 Å². The Morgan fingerprint density at radius 2 is 1.88 bits per heavy atom. The quantitative estimate of drug-likeness (QED) is 0.886. The van der Waals surface area contributed by atoms with Crippen LogP contribution in [0.4, 0.5) is 0 Å². The van der Waals surface area contributed by atoms with Crippen molar-refractivity contribution in [1.29, 1.82) is 0 Å². The average molecular weight is 371 g/mol. The van der Waals surface area contributed by atoms with Crippen LogP contribution in [0.3, 0.4) is 0 Å². The van der Waals surface area contributed by atoms with Crippen molar-refractivity contribution in [1.82, 2.24) is 9.62 Å². The predicted octanol–water partition coefficient (Wildman–Crippen LogP) is 2.94. The van der Waals surface area contributed by atoms with Crippen LogP contribution < -0.4 is 5.32 Å². The van der Waals surface area contributed by atoms with Gasteiger partial charge in [0.2, 0.25) is 15.9 Å². The SMILES string of the molecule is O=C(NC1CCCCC1)[C@@H]1CCCN1S(=O)(=O)c1cccc(Cl)c1. The maximum atomic E-state index is 12.9. The van der Waals surface area contributed by atoms with Gasteiger partial charge in [0, 0.05) is 17.6 Å². The molecule has 1 aromatic carbocycles. The van der Waals surface area contributed by atoms with Crippen molar-refractivity contribution in [3.8, 4) is 0 Å². The smallest absolute Gasteiger partial charge is 0.243 e. The van der Waals surface area contributed by atoms with Gasteiger partial charge in [0.05, 0.1) is 4.90 Å². The number of amides is 1. The van der Waals surface area contributed by atoms with Crippen LogP contribution in [0.1, 0.15) is 44.9 Å². The molecule has 7 heteroatoms. The Morgan fingerprint density at radius 1 is 1.12 bits per heavy atom. The minimum Gasteiger partial charge on any atom is -0.352 e. The molecule has 1 aromatic rings. The zero-order valence-electron chi connectivity index (χ0n) is 13.6. The van der Waals surface area contributed by atoms with Gasteiger partial charge in [-0.1, -0.05) is 36.9 Å². The van der Waals surface area contributed by atoms with Gasteiger partial charge < -0.3 is 5.32 Å². The van der Waals surface area contributed by atoms with E-state index in [4.69, 9.17) is 11.6 Å². The van der Waals surface area contributed by atoms with Crippen molar-refractivity contribution >= 4 is 27.5 Å². The van der Waals surface area contributed by atoms with Gasteiger partial charge in [-0.3, -0.25) is 4.79 Å². The lowest BCUT2D eigenvalue weighted by molar-refractivity contribution is -0.125. The monoisotopic (exact) mass is 370 g/mol. The molecule has 0 unspecified atom stereocenters. The van der Waals surface area contributed by atoms with Crippen molar-refractivity contribution in [3.05, 3.63) is 29.3 Å². The summed E-state index contributed by atoms with van der Waals surface area (Å²) in [6.45, 7) is 0.373. The maximum Gasteiger partial charge on any atom is 0.243 e. The number of benzene rings is 1. The molecule has 1 saturated carbocycles. The van der Waals surface area contributed by atoms with E-state index in [1.54, 1.807) is 12.1 Å². The summed E-state index contributed by atoms with van der Waals surface area (Å²) in [4.78, 5) is 12.8. The van der Waals surface area contributed by atoms with Crippen LogP contribution in [0.15, 0.2) is 29.2 Å². The number of hydrogen-bond acceptors (Lipinski definition) is 3. The van der Waals surface area contributed by atoms with Gasteiger partial charge in [0.15, 0.2) is 0 Å². The Hall–Kier alpha value is -1.11. The Bertz CT molecular complexity index is 702. The minimum atomic E-state index is -3.71. The topological polar surface area (TPSA) is 66.5 Å². The molecule has 2 aliphatic rings. The van der Waals surface area contributed by atoms with Crippen molar-refractivity contribution in [2.45, 2.75) is 61.9 Å². The predicted molar refractivity (Wildman–Crippen MR) is 93.4 cm³/mol. The highest BCUT2D eigenvalue weighted by Gasteiger charge is 2.40. The van der Waals surface area contributed by atoms with Gasteiger partial charge in [0.25, 0.3) is 0 Å². The van der Waals surface area contributed by atoms with E-state index in [9.17, 15) is 13.2 Å². The van der Waals surface area contributed by atoms with Crippen LogP contribution in [-0.2, 0) is 14.8 Å². The Kier molecular flexibility index (Phi) is 5.47. The van der Waals surface area contributed by atoms with E-state index in [1.165, 1.54) is 22.9 Å². The Labute approximate surface area is 148 Å². The second-order valence-electron chi connectivity index (χ2n) is 6.57. The first-order chi connectivity index (χ1) is 11.5. The zero-order valence-corrected chi connectivity index (χ0v) is 15.2. The summed E-state index contributed by atoms with van der Waals surface area (Å²) >= 11 is 5.92. The first-order valence-electron chi connectivity index (χ1n) is 8.56. The van der Waals surface area contributed by atoms with Crippen LogP contribution >= 0.6 is 11.6 Å². The molecular formula is C17H23ClN2O3S. The van der Waals surface area contributed by atoms with Gasteiger partial charge in [0.1, 0.15) is 6.04 Å². The van der Waals surface area contributed by atoms with Crippen molar-refractivity contribution in [2.75, 3.05) is 6.54 Å². The molecule has 0 spiro atoms. The third kappa shape index (κ3) is 3.76.